The van der Waals surface area contributed by atoms with Crippen LogP contribution < -0.4 is 5.73 Å². The highest BCUT2D eigenvalue weighted by Gasteiger charge is 2.08. The number of carbonyl (C=O) groups excluding carboxylic acids is 1. The molecule has 6 heteroatoms. The summed E-state index contributed by atoms with van der Waals surface area (Å²) in [7, 11) is 1.39. The Balaban J connectivity index is 2.24. The number of halogens is 1. The molecule has 19 heavy (non-hydrogen) atoms. The van der Waals surface area contributed by atoms with E-state index in [1.807, 2.05) is 18.2 Å². The molecule has 0 radical (unpaired) electrons. The largest absolute Gasteiger partial charge is 0.469 e. The van der Waals surface area contributed by atoms with Gasteiger partial charge in [0.1, 0.15) is 0 Å². The number of benzene rings is 1. The molecule has 0 fully saturated rings. The molecule has 0 amide bonds. The highest BCUT2D eigenvalue weighted by molar-refractivity contribution is 9.10. The van der Waals surface area contributed by atoms with Gasteiger partial charge in [0.05, 0.1) is 19.0 Å². The second kappa shape index (κ2) is 6.25. The molecule has 2 aromatic rings. The third-order valence-electron chi connectivity index (χ3n) is 2.60. The van der Waals surface area contributed by atoms with Crippen molar-refractivity contribution in [2.24, 2.45) is 0 Å². The molecule has 0 aliphatic carbocycles. The second-order valence-corrected chi connectivity index (χ2v) is 5.93. The van der Waals surface area contributed by atoms with Gasteiger partial charge in [-0.1, -0.05) is 0 Å². The first kappa shape index (κ1) is 14.1. The number of anilines is 1. The lowest BCUT2D eigenvalue weighted by atomic mass is 10.2. The number of esters is 1. The molecule has 2 rings (SSSR count). The van der Waals surface area contributed by atoms with Gasteiger partial charge < -0.3 is 10.5 Å². The molecular formula is C13H13BrN2O2S. The van der Waals surface area contributed by atoms with Crippen LogP contribution in [0.2, 0.25) is 0 Å². The first-order valence-electron chi connectivity index (χ1n) is 5.65. The number of nitrogens with zero attached hydrogens (tertiary/aromatic N) is 1. The van der Waals surface area contributed by atoms with Crippen molar-refractivity contribution in [3.8, 4) is 0 Å². The zero-order chi connectivity index (χ0) is 13.8. The molecule has 100 valence electrons. The molecule has 1 aromatic carbocycles. The summed E-state index contributed by atoms with van der Waals surface area (Å²) in [6.45, 7) is 0. The van der Waals surface area contributed by atoms with Crippen molar-refractivity contribution < 1.29 is 9.53 Å². The third-order valence-corrected chi connectivity index (χ3v) is 4.09. The Morgan fingerprint density at radius 2 is 2.32 bits per heavy atom. The topological polar surface area (TPSA) is 65.2 Å². The molecule has 0 aliphatic rings. The van der Waals surface area contributed by atoms with Crippen molar-refractivity contribution in [1.29, 1.82) is 0 Å². The Kier molecular flexibility index (Phi) is 4.66. The molecule has 2 N–H and O–H groups in total. The number of methoxy groups -OCH3 is 1. The number of hydrogen-bond donors (Lipinski definition) is 1. The van der Waals surface area contributed by atoms with Gasteiger partial charge >= 0.3 is 5.97 Å². The van der Waals surface area contributed by atoms with E-state index in [4.69, 9.17) is 5.73 Å². The van der Waals surface area contributed by atoms with Gasteiger partial charge in [-0.15, -0.1) is 11.8 Å². The van der Waals surface area contributed by atoms with Crippen LogP contribution >= 0.6 is 27.7 Å². The van der Waals surface area contributed by atoms with E-state index in [1.165, 1.54) is 7.11 Å². The van der Waals surface area contributed by atoms with E-state index in [9.17, 15) is 4.79 Å². The quantitative estimate of drug-likeness (QED) is 0.525. The highest BCUT2D eigenvalue weighted by atomic mass is 79.9. The van der Waals surface area contributed by atoms with E-state index in [2.05, 4.69) is 25.7 Å². The lowest BCUT2D eigenvalue weighted by Gasteiger charge is -2.08. The lowest BCUT2D eigenvalue weighted by molar-refractivity contribution is -0.140. The Morgan fingerprint density at radius 3 is 3.05 bits per heavy atom. The van der Waals surface area contributed by atoms with E-state index in [-0.39, 0.29) is 5.97 Å². The van der Waals surface area contributed by atoms with E-state index in [0.717, 1.165) is 20.3 Å². The average molecular weight is 341 g/mol. The van der Waals surface area contributed by atoms with Gasteiger partial charge in [0.2, 0.25) is 0 Å². The van der Waals surface area contributed by atoms with Crippen LogP contribution in [0, 0.1) is 0 Å². The highest BCUT2D eigenvalue weighted by Crippen LogP contribution is 2.31. The van der Waals surface area contributed by atoms with Crippen LogP contribution in [0.3, 0.4) is 0 Å². The predicted octanol–water partition coefficient (Wildman–Crippen LogP) is 3.23. The fourth-order valence-corrected chi connectivity index (χ4v) is 2.94. The van der Waals surface area contributed by atoms with Gasteiger partial charge in [-0.05, 0) is 34.1 Å². The number of nitrogens with two attached hydrogens (primary N) is 1. The molecule has 0 saturated carbocycles. The summed E-state index contributed by atoms with van der Waals surface area (Å²) in [5, 5.41) is 0.914. The number of fused-ring (bicyclic) bond motifs is 1. The zero-order valence-electron chi connectivity index (χ0n) is 10.4. The smallest absolute Gasteiger partial charge is 0.306 e. The number of pyridine rings is 1. The van der Waals surface area contributed by atoms with Crippen molar-refractivity contribution in [1.82, 2.24) is 4.98 Å². The average Bonchev–Trinajstić information content (AvgIpc) is 2.41. The lowest BCUT2D eigenvalue weighted by Crippen LogP contribution is -2.01. The van der Waals surface area contributed by atoms with Crippen LogP contribution in [0.25, 0.3) is 10.9 Å². The monoisotopic (exact) mass is 340 g/mol. The fourth-order valence-electron chi connectivity index (χ4n) is 1.65. The maximum absolute atomic E-state index is 11.1. The standard InChI is InChI=1S/C13H13BrN2O2S/c1-18-12(17)4-5-19-11-3-2-10(15)9-6-8(14)7-16-13(9)11/h2-3,6-7H,4-5,15H2,1H3. The molecule has 0 atom stereocenters. The molecule has 0 spiro atoms. The second-order valence-electron chi connectivity index (χ2n) is 3.88. The van der Waals surface area contributed by atoms with Gasteiger partial charge in [0, 0.05) is 32.4 Å². The minimum Gasteiger partial charge on any atom is -0.469 e. The SMILES string of the molecule is COC(=O)CCSc1ccc(N)c2cc(Br)cnc12. The van der Waals surface area contributed by atoms with Crippen LogP contribution in [-0.2, 0) is 9.53 Å². The number of rotatable bonds is 4. The van der Waals surface area contributed by atoms with Gasteiger partial charge in [-0.3, -0.25) is 9.78 Å². The van der Waals surface area contributed by atoms with Crippen molar-refractivity contribution in [3.63, 3.8) is 0 Å². The van der Waals surface area contributed by atoms with Gasteiger partial charge in [0.25, 0.3) is 0 Å². The number of thioether (sulfide) groups is 1. The maximum Gasteiger partial charge on any atom is 0.306 e. The van der Waals surface area contributed by atoms with Crippen molar-refractivity contribution in [2.45, 2.75) is 11.3 Å². The molecule has 1 heterocycles. The Hall–Kier alpha value is -1.27. The molecule has 0 aliphatic heterocycles. The van der Waals surface area contributed by atoms with Crippen molar-refractivity contribution in [3.05, 3.63) is 28.9 Å². The summed E-state index contributed by atoms with van der Waals surface area (Å²) in [4.78, 5) is 16.5. The summed E-state index contributed by atoms with van der Waals surface area (Å²) >= 11 is 4.96. The minimum atomic E-state index is -0.206. The number of aromatic nitrogens is 1. The van der Waals surface area contributed by atoms with E-state index >= 15 is 0 Å². The summed E-state index contributed by atoms with van der Waals surface area (Å²) in [6, 6.07) is 5.74. The molecule has 1 aromatic heterocycles. The van der Waals surface area contributed by atoms with Crippen LogP contribution in [-0.4, -0.2) is 23.8 Å². The molecule has 0 saturated heterocycles. The summed E-state index contributed by atoms with van der Waals surface area (Å²) in [6.07, 6.45) is 2.12. The maximum atomic E-state index is 11.1. The summed E-state index contributed by atoms with van der Waals surface area (Å²) in [5.74, 6) is 0.451. The number of ether oxygens (including phenoxy) is 1. The van der Waals surface area contributed by atoms with E-state index in [1.54, 1.807) is 18.0 Å². The van der Waals surface area contributed by atoms with Crippen LogP contribution in [0.1, 0.15) is 6.42 Å². The molecular weight excluding hydrogens is 328 g/mol. The fraction of sp³-hybridized carbons (Fsp3) is 0.231. The van der Waals surface area contributed by atoms with Crippen LogP contribution in [0.5, 0.6) is 0 Å². The van der Waals surface area contributed by atoms with Crippen LogP contribution in [0.15, 0.2) is 33.8 Å². The van der Waals surface area contributed by atoms with Gasteiger partial charge in [0.15, 0.2) is 0 Å². The van der Waals surface area contributed by atoms with E-state index < -0.39 is 0 Å². The normalized spacial score (nSPS) is 10.6. The van der Waals surface area contributed by atoms with Gasteiger partial charge in [-0.2, -0.15) is 0 Å². The first-order chi connectivity index (χ1) is 9.11. The number of carbonyl (C=O) groups is 1. The molecule has 0 bridgehead atoms. The molecule has 4 nitrogen and oxygen atoms in total. The van der Waals surface area contributed by atoms with Gasteiger partial charge in [-0.25, -0.2) is 0 Å². The first-order valence-corrected chi connectivity index (χ1v) is 7.43. The number of hydrogen-bond acceptors (Lipinski definition) is 5. The van der Waals surface area contributed by atoms with Crippen LogP contribution in [0.4, 0.5) is 5.69 Å². The number of nitrogen functional groups attached to an aromatic ring is 1. The molecule has 0 unspecified atom stereocenters. The summed E-state index contributed by atoms with van der Waals surface area (Å²) < 4.78 is 5.51. The minimum absolute atomic E-state index is 0.206. The summed E-state index contributed by atoms with van der Waals surface area (Å²) in [5.41, 5.74) is 7.50. The van der Waals surface area contributed by atoms with Crippen molar-refractivity contribution in [2.75, 3.05) is 18.6 Å². The van der Waals surface area contributed by atoms with E-state index in [0.29, 0.717) is 17.9 Å². The Bertz CT molecular complexity index is 619. The third kappa shape index (κ3) is 3.39. The Morgan fingerprint density at radius 1 is 1.53 bits per heavy atom. The zero-order valence-corrected chi connectivity index (χ0v) is 12.8. The Labute approximate surface area is 123 Å². The predicted molar refractivity (Wildman–Crippen MR) is 81.2 cm³/mol. The van der Waals surface area contributed by atoms with Crippen molar-refractivity contribution >= 4 is 50.3 Å².